The number of nitrogens with zero attached hydrogens (tertiary/aromatic N) is 1. The summed E-state index contributed by atoms with van der Waals surface area (Å²) in [5.41, 5.74) is 8.65. The molecule has 0 saturated heterocycles. The van der Waals surface area contributed by atoms with Crippen LogP contribution in [0.25, 0.3) is 11.3 Å². The molecule has 5 nitrogen and oxygen atoms in total. The number of nitrogens with two attached hydrogens (primary N) is 1. The second-order valence-electron chi connectivity index (χ2n) is 5.96. The molecule has 1 aliphatic rings. The van der Waals surface area contributed by atoms with E-state index < -0.39 is 0 Å². The van der Waals surface area contributed by atoms with E-state index in [0.717, 1.165) is 62.3 Å². The first-order chi connectivity index (χ1) is 11.8. The van der Waals surface area contributed by atoms with E-state index in [2.05, 4.69) is 16.4 Å². The summed E-state index contributed by atoms with van der Waals surface area (Å²) in [7, 11) is 0. The van der Waals surface area contributed by atoms with Gasteiger partial charge in [-0.25, -0.2) is 4.98 Å². The van der Waals surface area contributed by atoms with Gasteiger partial charge in [0, 0.05) is 23.8 Å². The van der Waals surface area contributed by atoms with Gasteiger partial charge in [-0.1, -0.05) is 12.8 Å². The quantitative estimate of drug-likeness (QED) is 0.717. The summed E-state index contributed by atoms with van der Waals surface area (Å²) < 4.78 is 5.53. The Labute approximate surface area is 146 Å². The minimum Gasteiger partial charge on any atom is -0.493 e. The van der Waals surface area contributed by atoms with Gasteiger partial charge in [-0.15, -0.1) is 11.3 Å². The average molecular weight is 345 g/mol. The van der Waals surface area contributed by atoms with Gasteiger partial charge in [0.2, 0.25) is 5.91 Å². The Morgan fingerprint density at radius 3 is 3.04 bits per heavy atom. The smallest absolute Gasteiger partial charge is 0.226 e. The highest BCUT2D eigenvalue weighted by atomic mass is 32.1. The summed E-state index contributed by atoms with van der Waals surface area (Å²) in [6, 6.07) is 6.14. The molecule has 0 saturated carbocycles. The van der Waals surface area contributed by atoms with E-state index >= 15 is 0 Å². The molecule has 0 atom stereocenters. The van der Waals surface area contributed by atoms with Crippen LogP contribution in [-0.2, 0) is 11.2 Å². The molecule has 0 spiro atoms. The zero-order valence-electron chi connectivity index (χ0n) is 13.7. The van der Waals surface area contributed by atoms with E-state index in [1.807, 2.05) is 17.5 Å². The van der Waals surface area contributed by atoms with E-state index in [-0.39, 0.29) is 5.91 Å². The predicted octanol–water partition coefficient (Wildman–Crippen LogP) is 3.59. The molecule has 1 aromatic carbocycles. The first-order valence-electron chi connectivity index (χ1n) is 8.48. The Bertz CT molecular complexity index is 699. The molecule has 0 radical (unpaired) electrons. The number of thiazole rings is 1. The van der Waals surface area contributed by atoms with E-state index in [1.54, 1.807) is 0 Å². The number of carbonyl (C=O) groups excluding carboxylic acids is 1. The van der Waals surface area contributed by atoms with Crippen molar-refractivity contribution in [3.8, 4) is 17.0 Å². The van der Waals surface area contributed by atoms with Crippen LogP contribution in [0.4, 0.5) is 5.13 Å². The highest BCUT2D eigenvalue weighted by molar-refractivity contribution is 7.14. The van der Waals surface area contributed by atoms with E-state index in [9.17, 15) is 4.79 Å². The number of carbonyl (C=O) groups is 1. The maximum atomic E-state index is 12.0. The highest BCUT2D eigenvalue weighted by Crippen LogP contribution is 2.31. The average Bonchev–Trinajstić information content (AvgIpc) is 3.22. The fraction of sp³-hybridized carbons (Fsp3) is 0.444. The highest BCUT2D eigenvalue weighted by Gasteiger charge is 2.14. The Balaban J connectivity index is 1.53. The number of nitrogens with one attached hydrogen (secondary N) is 1. The van der Waals surface area contributed by atoms with Gasteiger partial charge >= 0.3 is 0 Å². The molecular formula is C18H23N3O2S. The second kappa shape index (κ2) is 8.26. The van der Waals surface area contributed by atoms with E-state index in [1.165, 1.54) is 16.9 Å². The first kappa shape index (κ1) is 16.9. The summed E-state index contributed by atoms with van der Waals surface area (Å²) >= 11 is 1.46. The van der Waals surface area contributed by atoms with Crippen LogP contribution in [0.5, 0.6) is 5.75 Å². The molecule has 2 aromatic rings. The van der Waals surface area contributed by atoms with Gasteiger partial charge in [-0.2, -0.15) is 0 Å². The number of aromatic nitrogens is 1. The van der Waals surface area contributed by atoms with Crippen LogP contribution in [0.3, 0.4) is 0 Å². The van der Waals surface area contributed by atoms with Crippen LogP contribution in [0, 0.1) is 0 Å². The molecule has 0 aliphatic carbocycles. The van der Waals surface area contributed by atoms with E-state index in [4.69, 9.17) is 10.5 Å². The second-order valence-corrected chi connectivity index (χ2v) is 6.82. The van der Waals surface area contributed by atoms with Crippen molar-refractivity contribution in [1.29, 1.82) is 0 Å². The molecule has 1 amide bonds. The Kier molecular flexibility index (Phi) is 5.82. The van der Waals surface area contributed by atoms with Gasteiger partial charge in [0.15, 0.2) is 5.13 Å². The standard InChI is InChI=1S/C18H23N3O2S/c19-9-4-2-1-3-5-17(22)21-18-20-15(12-24-18)13-6-7-16-14(11-13)8-10-23-16/h6-7,11-12H,1-5,8-10,19H2,(H,20,21,22). The van der Waals surface area contributed by atoms with Gasteiger partial charge in [0.25, 0.3) is 0 Å². The fourth-order valence-corrected chi connectivity index (χ4v) is 3.51. The first-order valence-corrected chi connectivity index (χ1v) is 9.36. The lowest BCUT2D eigenvalue weighted by Crippen LogP contribution is -2.10. The number of anilines is 1. The van der Waals surface area contributed by atoms with Crippen LogP contribution < -0.4 is 15.8 Å². The number of unbranched alkanes of at least 4 members (excludes halogenated alkanes) is 3. The maximum Gasteiger partial charge on any atom is 0.226 e. The number of hydrogen-bond donors (Lipinski definition) is 2. The molecule has 3 N–H and O–H groups in total. The van der Waals surface area contributed by atoms with Crippen LogP contribution >= 0.6 is 11.3 Å². The monoisotopic (exact) mass is 345 g/mol. The molecule has 24 heavy (non-hydrogen) atoms. The molecular weight excluding hydrogens is 322 g/mol. The number of benzene rings is 1. The molecule has 6 heteroatoms. The minimum atomic E-state index is 0.0333. The SMILES string of the molecule is NCCCCCCC(=O)Nc1nc(-c2ccc3c(c2)CCO3)cs1. The third-order valence-corrected chi connectivity index (χ3v) is 4.85. The van der Waals surface area contributed by atoms with Gasteiger partial charge in [-0.05, 0) is 43.1 Å². The van der Waals surface area contributed by atoms with Gasteiger partial charge in [0.05, 0.1) is 12.3 Å². The van der Waals surface area contributed by atoms with Crippen LogP contribution in [-0.4, -0.2) is 24.0 Å². The molecule has 2 heterocycles. The molecule has 0 unspecified atom stereocenters. The molecule has 0 bridgehead atoms. The van der Waals surface area contributed by atoms with Gasteiger partial charge in [0.1, 0.15) is 5.75 Å². The Morgan fingerprint density at radius 2 is 2.17 bits per heavy atom. The largest absolute Gasteiger partial charge is 0.493 e. The number of fused-ring (bicyclic) bond motifs is 1. The van der Waals surface area contributed by atoms with Crippen molar-refractivity contribution in [1.82, 2.24) is 4.98 Å². The summed E-state index contributed by atoms with van der Waals surface area (Å²) in [4.78, 5) is 16.5. The summed E-state index contributed by atoms with van der Waals surface area (Å²) in [6.07, 6.45) is 5.55. The lowest BCUT2D eigenvalue weighted by molar-refractivity contribution is -0.116. The third-order valence-electron chi connectivity index (χ3n) is 4.09. The summed E-state index contributed by atoms with van der Waals surface area (Å²) in [5.74, 6) is 1.00. The van der Waals surface area contributed by atoms with Crippen LogP contribution in [0.1, 0.15) is 37.7 Å². The molecule has 1 aliphatic heterocycles. The normalized spacial score (nSPS) is 12.7. The van der Waals surface area contributed by atoms with Crippen LogP contribution in [0.15, 0.2) is 23.6 Å². The number of hydrogen-bond acceptors (Lipinski definition) is 5. The zero-order chi connectivity index (χ0) is 16.8. The van der Waals surface area contributed by atoms with Gasteiger partial charge < -0.3 is 15.8 Å². The lowest BCUT2D eigenvalue weighted by Gasteiger charge is -2.02. The zero-order valence-corrected chi connectivity index (χ0v) is 14.5. The summed E-state index contributed by atoms with van der Waals surface area (Å²) in [5, 5.41) is 5.54. The molecule has 0 fully saturated rings. The molecule has 1 aromatic heterocycles. The van der Waals surface area contributed by atoms with Crippen molar-refractivity contribution in [3.05, 3.63) is 29.1 Å². The lowest BCUT2D eigenvalue weighted by atomic mass is 10.1. The van der Waals surface area contributed by atoms with Gasteiger partial charge in [-0.3, -0.25) is 4.79 Å². The van der Waals surface area contributed by atoms with Crippen molar-refractivity contribution in [3.63, 3.8) is 0 Å². The summed E-state index contributed by atoms with van der Waals surface area (Å²) in [6.45, 7) is 1.48. The Hall–Kier alpha value is -1.92. The number of ether oxygens (including phenoxy) is 1. The topological polar surface area (TPSA) is 77.2 Å². The minimum absolute atomic E-state index is 0.0333. The predicted molar refractivity (Wildman–Crippen MR) is 97.5 cm³/mol. The van der Waals surface area contributed by atoms with Crippen molar-refractivity contribution in [2.75, 3.05) is 18.5 Å². The Morgan fingerprint density at radius 1 is 1.29 bits per heavy atom. The van der Waals surface area contributed by atoms with Crippen molar-refractivity contribution >= 4 is 22.4 Å². The molecule has 3 rings (SSSR count). The number of rotatable bonds is 8. The fourth-order valence-electron chi connectivity index (χ4n) is 2.77. The van der Waals surface area contributed by atoms with Crippen LogP contribution in [0.2, 0.25) is 0 Å². The molecule has 128 valence electrons. The van der Waals surface area contributed by atoms with Crippen molar-refractivity contribution in [2.24, 2.45) is 5.73 Å². The van der Waals surface area contributed by atoms with E-state index in [0.29, 0.717) is 11.6 Å². The number of amides is 1. The van der Waals surface area contributed by atoms with Crippen molar-refractivity contribution < 1.29 is 9.53 Å². The van der Waals surface area contributed by atoms with Crippen molar-refractivity contribution in [2.45, 2.75) is 38.5 Å². The maximum absolute atomic E-state index is 12.0. The third kappa shape index (κ3) is 4.33.